The Morgan fingerprint density at radius 3 is 2.05 bits per heavy atom. The molecule has 0 unspecified atom stereocenters. The van der Waals surface area contributed by atoms with Gasteiger partial charge in [0.15, 0.2) is 0 Å². The predicted octanol–water partition coefficient (Wildman–Crippen LogP) is 3.42. The van der Waals surface area contributed by atoms with Crippen molar-refractivity contribution in [3.05, 3.63) is 21.3 Å². The Labute approximate surface area is 132 Å². The molecule has 0 fully saturated rings. The molecule has 116 valence electrons. The van der Waals surface area contributed by atoms with E-state index >= 15 is 0 Å². The van der Waals surface area contributed by atoms with E-state index < -0.39 is 8.80 Å². The highest BCUT2D eigenvalue weighted by atomic mass is 35.5. The van der Waals surface area contributed by atoms with Gasteiger partial charge < -0.3 is 13.3 Å². The predicted molar refractivity (Wildman–Crippen MR) is 86.3 cm³/mol. The van der Waals surface area contributed by atoms with Crippen LogP contribution < -0.4 is 0 Å². The van der Waals surface area contributed by atoms with Crippen LogP contribution in [0.1, 0.15) is 25.6 Å². The quantitative estimate of drug-likeness (QED) is 0.612. The molecule has 0 saturated heterocycles. The Morgan fingerprint density at radius 2 is 1.65 bits per heavy atom. The number of hydrogen-bond donors (Lipinski definition) is 0. The van der Waals surface area contributed by atoms with Crippen LogP contribution in [-0.4, -0.2) is 46.7 Å². The van der Waals surface area contributed by atoms with Crippen LogP contribution in [0.25, 0.3) is 0 Å². The van der Waals surface area contributed by atoms with Crippen molar-refractivity contribution in [1.82, 2.24) is 4.90 Å². The molecule has 0 N–H and O–H groups in total. The van der Waals surface area contributed by atoms with Crippen LogP contribution >= 0.6 is 22.9 Å². The van der Waals surface area contributed by atoms with Gasteiger partial charge in [0, 0.05) is 31.2 Å². The first-order valence-corrected chi connectivity index (χ1v) is 10.0. The van der Waals surface area contributed by atoms with Crippen molar-refractivity contribution in [3.8, 4) is 0 Å². The summed E-state index contributed by atoms with van der Waals surface area (Å²) in [7, 11) is -0.560. The first-order valence-electron chi connectivity index (χ1n) is 6.89. The lowest BCUT2D eigenvalue weighted by atomic mass is 10.4. The third-order valence-corrected chi connectivity index (χ3v) is 6.94. The molecule has 1 aromatic rings. The first kappa shape index (κ1) is 18.1. The monoisotopic (exact) mass is 337 g/mol. The van der Waals surface area contributed by atoms with E-state index in [1.807, 2.05) is 33.9 Å². The van der Waals surface area contributed by atoms with Crippen LogP contribution in [0.2, 0.25) is 4.34 Å². The maximum absolute atomic E-state index is 5.96. The molecule has 20 heavy (non-hydrogen) atoms. The van der Waals surface area contributed by atoms with E-state index in [1.54, 1.807) is 11.3 Å². The van der Waals surface area contributed by atoms with E-state index in [9.17, 15) is 0 Å². The van der Waals surface area contributed by atoms with Gasteiger partial charge in [-0.2, -0.15) is 0 Å². The average molecular weight is 338 g/mol. The summed E-state index contributed by atoms with van der Waals surface area (Å²) in [5.74, 6) is 0. The van der Waals surface area contributed by atoms with Crippen molar-refractivity contribution in [2.45, 2.75) is 27.3 Å². The van der Waals surface area contributed by atoms with Gasteiger partial charge in [-0.25, -0.2) is 0 Å². The van der Waals surface area contributed by atoms with Gasteiger partial charge in [0.2, 0.25) is 0 Å². The van der Waals surface area contributed by atoms with Gasteiger partial charge in [0.05, 0.1) is 10.5 Å². The van der Waals surface area contributed by atoms with Gasteiger partial charge in [-0.15, -0.1) is 11.3 Å². The molecule has 0 aliphatic carbocycles. The lowest BCUT2D eigenvalue weighted by molar-refractivity contribution is 0.0590. The van der Waals surface area contributed by atoms with Gasteiger partial charge >= 0.3 is 8.80 Å². The fourth-order valence-corrected chi connectivity index (χ4v) is 5.80. The van der Waals surface area contributed by atoms with E-state index in [2.05, 4.69) is 11.0 Å². The molecule has 0 amide bonds. The fourth-order valence-electron chi connectivity index (χ4n) is 2.01. The van der Waals surface area contributed by atoms with Crippen LogP contribution in [0.4, 0.5) is 0 Å². The summed E-state index contributed by atoms with van der Waals surface area (Å²) in [4.78, 5) is 3.40. The molecule has 0 spiro atoms. The molecule has 0 atom stereocenters. The Kier molecular flexibility index (Phi) is 8.27. The zero-order chi connectivity index (χ0) is 15.0. The lowest BCUT2D eigenvalue weighted by Gasteiger charge is -2.31. The van der Waals surface area contributed by atoms with E-state index in [0.29, 0.717) is 26.0 Å². The highest BCUT2D eigenvalue weighted by molar-refractivity contribution is 7.16. The molecule has 1 aromatic heterocycles. The normalized spacial score (nSPS) is 12.3. The maximum Gasteiger partial charge on any atom is 0.515 e. The van der Waals surface area contributed by atoms with E-state index in [0.717, 1.165) is 10.9 Å². The lowest BCUT2D eigenvalue weighted by Crippen LogP contribution is -2.54. The van der Waals surface area contributed by atoms with Crippen molar-refractivity contribution in [2.75, 3.05) is 33.0 Å². The van der Waals surface area contributed by atoms with Gasteiger partial charge in [0.25, 0.3) is 0 Å². The summed E-state index contributed by atoms with van der Waals surface area (Å²) in [6.45, 7) is 8.54. The minimum Gasteiger partial charge on any atom is -0.373 e. The summed E-state index contributed by atoms with van der Waals surface area (Å²) in [6.07, 6.45) is 0.679. The minimum atomic E-state index is -2.61. The molecule has 0 aliphatic rings. The maximum atomic E-state index is 5.96. The van der Waals surface area contributed by atoms with Crippen molar-refractivity contribution in [1.29, 1.82) is 0 Å². The van der Waals surface area contributed by atoms with Crippen LogP contribution in [0.15, 0.2) is 12.1 Å². The fraction of sp³-hybridized carbons (Fsp3) is 0.692. The second kappa shape index (κ2) is 9.14. The summed E-state index contributed by atoms with van der Waals surface area (Å²) in [6, 6.07) is 3.97. The SMILES string of the molecule is CCO[Si](CN(C)Cc1ccc(Cl)s1)(OCC)OCC. The van der Waals surface area contributed by atoms with Crippen molar-refractivity contribution < 1.29 is 13.3 Å². The summed E-state index contributed by atoms with van der Waals surface area (Å²) >= 11 is 7.56. The van der Waals surface area contributed by atoms with Crippen LogP contribution in [-0.2, 0) is 19.8 Å². The zero-order valence-electron chi connectivity index (χ0n) is 12.6. The van der Waals surface area contributed by atoms with Crippen molar-refractivity contribution >= 4 is 31.7 Å². The number of thiophene rings is 1. The largest absolute Gasteiger partial charge is 0.515 e. The summed E-state index contributed by atoms with van der Waals surface area (Å²) in [5, 5.41) is 0. The molecule has 0 aliphatic heterocycles. The second-order valence-electron chi connectivity index (χ2n) is 4.36. The molecule has 0 aromatic carbocycles. The Bertz CT molecular complexity index is 374. The number of rotatable bonds is 10. The van der Waals surface area contributed by atoms with Crippen LogP contribution in [0, 0.1) is 0 Å². The molecule has 4 nitrogen and oxygen atoms in total. The number of nitrogens with zero attached hydrogens (tertiary/aromatic N) is 1. The third-order valence-electron chi connectivity index (χ3n) is 2.61. The Morgan fingerprint density at radius 1 is 1.10 bits per heavy atom. The summed E-state index contributed by atoms with van der Waals surface area (Å²) < 4.78 is 18.4. The second-order valence-corrected chi connectivity index (χ2v) is 8.71. The first-order chi connectivity index (χ1) is 9.55. The average Bonchev–Trinajstić information content (AvgIpc) is 2.75. The molecular weight excluding hydrogens is 314 g/mol. The van der Waals surface area contributed by atoms with Crippen LogP contribution in [0.3, 0.4) is 0 Å². The van der Waals surface area contributed by atoms with Gasteiger partial charge in [0.1, 0.15) is 0 Å². The highest BCUT2D eigenvalue weighted by Crippen LogP contribution is 2.23. The summed E-state index contributed by atoms with van der Waals surface area (Å²) in [5.41, 5.74) is 0. The minimum absolute atomic E-state index is 0.602. The Balaban J connectivity index is 2.66. The topological polar surface area (TPSA) is 30.9 Å². The molecule has 0 radical (unpaired) electrons. The van der Waals surface area contributed by atoms with Gasteiger partial charge in [-0.1, -0.05) is 11.6 Å². The molecule has 7 heteroatoms. The van der Waals surface area contributed by atoms with E-state index in [1.165, 1.54) is 4.88 Å². The van der Waals surface area contributed by atoms with Gasteiger partial charge in [-0.3, -0.25) is 4.90 Å². The van der Waals surface area contributed by atoms with E-state index in [-0.39, 0.29) is 0 Å². The number of hydrogen-bond acceptors (Lipinski definition) is 5. The number of halogens is 1. The highest BCUT2D eigenvalue weighted by Gasteiger charge is 2.41. The standard InChI is InChI=1S/C13H24ClNO3SSi/c1-5-16-20(17-6-2,18-7-3)11-15(4)10-12-8-9-13(14)19-12/h8-9H,5-7,10-11H2,1-4H3. The molecule has 0 saturated carbocycles. The van der Waals surface area contributed by atoms with Crippen molar-refractivity contribution in [2.24, 2.45) is 0 Å². The molecule has 0 bridgehead atoms. The van der Waals surface area contributed by atoms with Crippen molar-refractivity contribution in [3.63, 3.8) is 0 Å². The molecule has 1 rings (SSSR count). The zero-order valence-corrected chi connectivity index (χ0v) is 15.2. The van der Waals surface area contributed by atoms with Gasteiger partial charge in [-0.05, 0) is 40.0 Å². The molecular formula is C13H24ClNO3SSi. The smallest absolute Gasteiger partial charge is 0.373 e. The Hall–Kier alpha value is 0.0469. The van der Waals surface area contributed by atoms with Crippen LogP contribution in [0.5, 0.6) is 0 Å². The molecule has 1 heterocycles. The third kappa shape index (κ3) is 5.81. The van der Waals surface area contributed by atoms with E-state index in [4.69, 9.17) is 24.9 Å².